The van der Waals surface area contributed by atoms with Gasteiger partial charge in [-0.3, -0.25) is 4.79 Å². The van der Waals surface area contributed by atoms with E-state index in [0.29, 0.717) is 13.2 Å². The molecule has 0 saturated carbocycles. The molecular formula is C22H23NO5S. The summed E-state index contributed by atoms with van der Waals surface area (Å²) in [5.74, 6) is 0.499. The lowest BCUT2D eigenvalue weighted by atomic mass is 10.2. The Bertz CT molecular complexity index is 1060. The second kappa shape index (κ2) is 8.96. The molecule has 1 heterocycles. The van der Waals surface area contributed by atoms with Gasteiger partial charge in [-0.15, -0.1) is 0 Å². The van der Waals surface area contributed by atoms with Crippen LogP contribution in [0.15, 0.2) is 76.0 Å². The van der Waals surface area contributed by atoms with Gasteiger partial charge in [-0.25, -0.2) is 8.42 Å². The van der Waals surface area contributed by atoms with Crippen molar-refractivity contribution in [1.29, 1.82) is 0 Å². The molecule has 0 bridgehead atoms. The van der Waals surface area contributed by atoms with Crippen LogP contribution in [0.3, 0.4) is 0 Å². The first kappa shape index (κ1) is 20.7. The summed E-state index contributed by atoms with van der Waals surface area (Å²) in [7, 11) is -1.87. The van der Waals surface area contributed by atoms with Crippen LogP contribution >= 0.6 is 0 Å². The van der Waals surface area contributed by atoms with Crippen LogP contribution in [-0.4, -0.2) is 32.9 Å². The summed E-state index contributed by atoms with van der Waals surface area (Å²) in [6, 6.07) is 18.7. The molecular weight excluding hydrogens is 390 g/mol. The highest BCUT2D eigenvalue weighted by Crippen LogP contribution is 2.19. The van der Waals surface area contributed by atoms with E-state index in [2.05, 4.69) is 0 Å². The van der Waals surface area contributed by atoms with E-state index in [1.165, 1.54) is 29.2 Å². The summed E-state index contributed by atoms with van der Waals surface area (Å²) >= 11 is 0. The molecule has 0 radical (unpaired) electrons. The highest BCUT2D eigenvalue weighted by atomic mass is 32.2. The highest BCUT2D eigenvalue weighted by Gasteiger charge is 2.21. The first-order chi connectivity index (χ1) is 13.9. The molecule has 0 fully saturated rings. The van der Waals surface area contributed by atoms with Crippen LogP contribution in [0.4, 0.5) is 0 Å². The average Bonchev–Trinajstić information content (AvgIpc) is 3.17. The quantitative estimate of drug-likeness (QED) is 0.559. The third-order valence-corrected chi connectivity index (χ3v) is 5.96. The predicted molar refractivity (Wildman–Crippen MR) is 109 cm³/mol. The fraction of sp³-hybridized carbons (Fsp3) is 0.227. The number of furan rings is 1. The maximum atomic E-state index is 12.6. The Balaban J connectivity index is 1.65. The maximum absolute atomic E-state index is 12.6. The average molecular weight is 413 g/mol. The van der Waals surface area contributed by atoms with Crippen molar-refractivity contribution >= 4 is 15.7 Å². The summed E-state index contributed by atoms with van der Waals surface area (Å²) in [6.45, 7) is 2.91. The summed E-state index contributed by atoms with van der Waals surface area (Å²) in [4.78, 5) is 14.4. The van der Waals surface area contributed by atoms with Crippen molar-refractivity contribution in [3.05, 3.63) is 83.8 Å². The Labute approximate surface area is 170 Å². The van der Waals surface area contributed by atoms with E-state index >= 15 is 0 Å². The Morgan fingerprint density at radius 2 is 1.69 bits per heavy atom. The monoisotopic (exact) mass is 413 g/mol. The van der Waals surface area contributed by atoms with Gasteiger partial charge < -0.3 is 14.1 Å². The molecule has 2 aromatic carbocycles. The number of hydrogen-bond acceptors (Lipinski definition) is 5. The van der Waals surface area contributed by atoms with Crippen molar-refractivity contribution in [2.75, 3.05) is 13.7 Å². The number of nitrogens with zero attached hydrogens (tertiary/aromatic N) is 1. The SMILES string of the molecule is CCOc1ccc(CN(C)C(=O)c2ccc(CS(=O)(=O)c3ccccc3)o2)cc1. The van der Waals surface area contributed by atoms with Gasteiger partial charge in [-0.2, -0.15) is 0 Å². The van der Waals surface area contributed by atoms with Gasteiger partial charge in [-0.1, -0.05) is 30.3 Å². The lowest BCUT2D eigenvalue weighted by Crippen LogP contribution is -2.25. The van der Waals surface area contributed by atoms with Crippen LogP contribution in [0.25, 0.3) is 0 Å². The smallest absolute Gasteiger partial charge is 0.289 e. The fourth-order valence-corrected chi connectivity index (χ4v) is 4.13. The van der Waals surface area contributed by atoms with Crippen molar-refractivity contribution in [3.8, 4) is 5.75 Å². The van der Waals surface area contributed by atoms with E-state index in [1.54, 1.807) is 25.2 Å². The van der Waals surface area contributed by atoms with Crippen LogP contribution in [0.2, 0.25) is 0 Å². The van der Waals surface area contributed by atoms with Gasteiger partial charge in [0.1, 0.15) is 17.3 Å². The van der Waals surface area contributed by atoms with E-state index in [1.807, 2.05) is 31.2 Å². The summed E-state index contributed by atoms with van der Waals surface area (Å²) in [5.41, 5.74) is 0.947. The molecule has 0 atom stereocenters. The van der Waals surface area contributed by atoms with Gasteiger partial charge >= 0.3 is 0 Å². The second-order valence-electron chi connectivity index (χ2n) is 6.58. The molecule has 0 spiro atoms. The minimum Gasteiger partial charge on any atom is -0.494 e. The molecule has 3 aromatic rings. The molecule has 0 saturated heterocycles. The van der Waals surface area contributed by atoms with Crippen LogP contribution < -0.4 is 4.74 Å². The lowest BCUT2D eigenvalue weighted by Gasteiger charge is -2.16. The number of benzene rings is 2. The van der Waals surface area contributed by atoms with Crippen molar-refractivity contribution in [2.24, 2.45) is 0 Å². The Kier molecular flexibility index (Phi) is 6.39. The molecule has 0 N–H and O–H groups in total. The Hall–Kier alpha value is -3.06. The molecule has 29 heavy (non-hydrogen) atoms. The van der Waals surface area contributed by atoms with Gasteiger partial charge in [0.05, 0.1) is 11.5 Å². The molecule has 0 aliphatic rings. The van der Waals surface area contributed by atoms with Gasteiger partial charge in [0, 0.05) is 13.6 Å². The van der Waals surface area contributed by atoms with E-state index < -0.39 is 9.84 Å². The largest absolute Gasteiger partial charge is 0.494 e. The topological polar surface area (TPSA) is 76.8 Å². The molecule has 6 nitrogen and oxygen atoms in total. The van der Waals surface area contributed by atoms with Crippen molar-refractivity contribution in [2.45, 2.75) is 24.1 Å². The number of ether oxygens (including phenoxy) is 1. The first-order valence-corrected chi connectivity index (χ1v) is 10.9. The normalized spacial score (nSPS) is 11.2. The minimum absolute atomic E-state index is 0.108. The number of rotatable bonds is 8. The molecule has 7 heteroatoms. The van der Waals surface area contributed by atoms with Crippen LogP contribution in [0.1, 0.15) is 28.8 Å². The van der Waals surface area contributed by atoms with E-state index in [4.69, 9.17) is 9.15 Å². The van der Waals surface area contributed by atoms with Crippen LogP contribution in [0, 0.1) is 0 Å². The third kappa shape index (κ3) is 5.26. The van der Waals surface area contributed by atoms with Gasteiger partial charge in [0.2, 0.25) is 0 Å². The highest BCUT2D eigenvalue weighted by molar-refractivity contribution is 7.90. The zero-order chi connectivity index (χ0) is 20.9. The van der Waals surface area contributed by atoms with Crippen molar-refractivity contribution < 1.29 is 22.4 Å². The van der Waals surface area contributed by atoms with Crippen molar-refractivity contribution in [3.63, 3.8) is 0 Å². The second-order valence-corrected chi connectivity index (χ2v) is 8.57. The number of carbonyl (C=O) groups is 1. The maximum Gasteiger partial charge on any atom is 0.289 e. The Morgan fingerprint density at radius 1 is 1.00 bits per heavy atom. The third-order valence-electron chi connectivity index (χ3n) is 4.31. The van der Waals surface area contributed by atoms with Crippen LogP contribution in [-0.2, 0) is 22.1 Å². The van der Waals surface area contributed by atoms with E-state index in [-0.39, 0.29) is 28.1 Å². The molecule has 1 aromatic heterocycles. The molecule has 1 amide bonds. The number of hydrogen-bond donors (Lipinski definition) is 0. The van der Waals surface area contributed by atoms with E-state index in [0.717, 1.165) is 11.3 Å². The molecule has 0 aliphatic heterocycles. The lowest BCUT2D eigenvalue weighted by molar-refractivity contribution is 0.0752. The van der Waals surface area contributed by atoms with Gasteiger partial charge in [0.15, 0.2) is 15.6 Å². The number of carbonyl (C=O) groups excluding carboxylic acids is 1. The fourth-order valence-electron chi connectivity index (χ4n) is 2.86. The first-order valence-electron chi connectivity index (χ1n) is 9.23. The molecule has 152 valence electrons. The van der Waals surface area contributed by atoms with Crippen molar-refractivity contribution in [1.82, 2.24) is 4.90 Å². The zero-order valence-electron chi connectivity index (χ0n) is 16.4. The standard InChI is InChI=1S/C22H23NO5S/c1-3-27-18-11-9-17(10-12-18)15-23(2)22(24)21-14-13-19(28-21)16-29(25,26)20-7-5-4-6-8-20/h4-14H,3,15-16H2,1-2H3. The molecule has 0 aliphatic carbocycles. The summed E-state index contributed by atoms with van der Waals surface area (Å²) in [6.07, 6.45) is 0. The number of amides is 1. The van der Waals surface area contributed by atoms with Gasteiger partial charge in [-0.05, 0) is 48.9 Å². The Morgan fingerprint density at radius 3 is 2.34 bits per heavy atom. The van der Waals surface area contributed by atoms with Gasteiger partial charge in [0.25, 0.3) is 5.91 Å². The molecule has 0 unspecified atom stereocenters. The summed E-state index contributed by atoms with van der Waals surface area (Å²) in [5, 5.41) is 0. The zero-order valence-corrected chi connectivity index (χ0v) is 17.2. The summed E-state index contributed by atoms with van der Waals surface area (Å²) < 4.78 is 35.9. The predicted octanol–water partition coefficient (Wildman–Crippen LogP) is 3.92. The van der Waals surface area contributed by atoms with Crippen LogP contribution in [0.5, 0.6) is 5.75 Å². The van der Waals surface area contributed by atoms with E-state index in [9.17, 15) is 13.2 Å². The minimum atomic E-state index is -3.53. The number of sulfone groups is 1. The molecule has 3 rings (SSSR count).